The third kappa shape index (κ3) is 4.12. The fraction of sp³-hybridized carbons (Fsp3) is 0.214. The number of amides is 1. The van der Waals surface area contributed by atoms with Crippen LogP contribution >= 0.6 is 0 Å². The van der Waals surface area contributed by atoms with Crippen molar-refractivity contribution in [2.45, 2.75) is 32.1 Å². The first-order valence-electron chi connectivity index (χ1n) is 12.8. The molecule has 1 aliphatic rings. The summed E-state index contributed by atoms with van der Waals surface area (Å²) in [5, 5.41) is 10.4. The lowest BCUT2D eigenvalue weighted by atomic mass is 9.88. The molecule has 0 aliphatic heterocycles. The number of halogens is 1. The Balaban J connectivity index is 1.26. The molecule has 6 heterocycles. The van der Waals surface area contributed by atoms with Gasteiger partial charge >= 0.3 is 0 Å². The third-order valence-corrected chi connectivity index (χ3v) is 7.25. The highest BCUT2D eigenvalue weighted by molar-refractivity contribution is 5.98. The highest BCUT2D eigenvalue weighted by atomic mass is 19.1. The molecule has 0 atom stereocenters. The van der Waals surface area contributed by atoms with Crippen molar-refractivity contribution in [1.82, 2.24) is 35.1 Å². The Kier molecular flexibility index (Phi) is 5.61. The van der Waals surface area contributed by atoms with Gasteiger partial charge < -0.3 is 14.7 Å². The van der Waals surface area contributed by atoms with Crippen LogP contribution in [0.15, 0.2) is 60.1 Å². The predicted molar refractivity (Wildman–Crippen MR) is 143 cm³/mol. The summed E-state index contributed by atoms with van der Waals surface area (Å²) < 4.78 is 21.3. The van der Waals surface area contributed by atoms with E-state index in [-0.39, 0.29) is 22.9 Å². The molecular weight excluding hydrogens is 499 g/mol. The Morgan fingerprint density at radius 3 is 2.72 bits per heavy atom. The quantitative estimate of drug-likeness (QED) is 0.257. The normalized spacial score (nSPS) is 14.3. The van der Waals surface area contributed by atoms with Crippen LogP contribution in [0.1, 0.15) is 32.1 Å². The van der Waals surface area contributed by atoms with Crippen LogP contribution < -0.4 is 5.32 Å². The molecular formula is C28H23FN8O2. The van der Waals surface area contributed by atoms with E-state index in [9.17, 15) is 4.79 Å². The van der Waals surface area contributed by atoms with E-state index < -0.39 is 5.82 Å². The molecule has 39 heavy (non-hydrogen) atoms. The molecule has 6 aromatic rings. The highest BCUT2D eigenvalue weighted by Crippen LogP contribution is 2.34. The lowest BCUT2D eigenvalue weighted by molar-refractivity contribution is -0.120. The lowest BCUT2D eigenvalue weighted by Crippen LogP contribution is -2.24. The molecule has 194 valence electrons. The number of rotatable bonds is 5. The number of pyridine rings is 3. The number of aromatic nitrogens is 7. The minimum absolute atomic E-state index is 0.00450. The van der Waals surface area contributed by atoms with Crippen molar-refractivity contribution in [3.05, 3.63) is 61.5 Å². The molecule has 0 bridgehead atoms. The first kappa shape index (κ1) is 23.2. The average Bonchev–Trinajstić information content (AvgIpc) is 3.73. The van der Waals surface area contributed by atoms with Crippen LogP contribution in [0.2, 0.25) is 0 Å². The van der Waals surface area contributed by atoms with Gasteiger partial charge in [0.2, 0.25) is 5.91 Å². The van der Waals surface area contributed by atoms with Crippen LogP contribution in [-0.2, 0) is 4.79 Å². The topological polar surface area (TPSA) is 138 Å². The van der Waals surface area contributed by atoms with Gasteiger partial charge in [0.05, 0.1) is 53.2 Å². The number of hydrogen-bond acceptors (Lipinski definition) is 7. The molecule has 0 saturated heterocycles. The molecule has 11 heteroatoms. The van der Waals surface area contributed by atoms with E-state index >= 15 is 4.39 Å². The van der Waals surface area contributed by atoms with Gasteiger partial charge in [0.15, 0.2) is 11.6 Å². The molecule has 1 fully saturated rings. The van der Waals surface area contributed by atoms with Crippen LogP contribution in [0.3, 0.4) is 0 Å². The van der Waals surface area contributed by atoms with Crippen molar-refractivity contribution in [3.63, 3.8) is 0 Å². The van der Waals surface area contributed by atoms with Crippen LogP contribution in [-0.4, -0.2) is 41.0 Å². The van der Waals surface area contributed by atoms with Gasteiger partial charge in [-0.25, -0.2) is 9.37 Å². The van der Waals surface area contributed by atoms with Crippen molar-refractivity contribution in [2.24, 2.45) is 5.92 Å². The zero-order valence-corrected chi connectivity index (χ0v) is 20.7. The lowest BCUT2D eigenvalue weighted by Gasteiger charge is -2.20. The molecule has 0 aromatic carbocycles. The van der Waals surface area contributed by atoms with E-state index in [0.717, 1.165) is 36.8 Å². The summed E-state index contributed by atoms with van der Waals surface area (Å²) in [5.41, 5.74) is 4.75. The number of H-pyrrole nitrogens is 2. The maximum Gasteiger partial charge on any atom is 0.227 e. The van der Waals surface area contributed by atoms with Crippen LogP contribution in [0.5, 0.6) is 0 Å². The summed E-state index contributed by atoms with van der Waals surface area (Å²) >= 11 is 0. The Labute approximate surface area is 221 Å². The number of nitrogens with one attached hydrogen (secondary N) is 3. The monoisotopic (exact) mass is 522 g/mol. The van der Waals surface area contributed by atoms with Crippen molar-refractivity contribution in [3.8, 4) is 33.9 Å². The van der Waals surface area contributed by atoms with Crippen molar-refractivity contribution in [2.75, 3.05) is 5.32 Å². The number of fused-ring (bicyclic) bond motifs is 2. The largest absolute Gasteiger partial charge is 0.472 e. The van der Waals surface area contributed by atoms with E-state index in [1.54, 1.807) is 37.2 Å². The van der Waals surface area contributed by atoms with E-state index in [2.05, 4.69) is 35.5 Å². The summed E-state index contributed by atoms with van der Waals surface area (Å²) in [7, 11) is 0. The Hall–Kier alpha value is -4.93. The van der Waals surface area contributed by atoms with E-state index in [4.69, 9.17) is 9.40 Å². The summed E-state index contributed by atoms with van der Waals surface area (Å²) in [5.74, 6) is -0.210. The highest BCUT2D eigenvalue weighted by Gasteiger charge is 2.23. The predicted octanol–water partition coefficient (Wildman–Crippen LogP) is 5.88. The van der Waals surface area contributed by atoms with Crippen LogP contribution in [0, 0.1) is 11.7 Å². The van der Waals surface area contributed by atoms with Gasteiger partial charge in [0.25, 0.3) is 0 Å². The van der Waals surface area contributed by atoms with Gasteiger partial charge in [-0.2, -0.15) is 5.10 Å². The van der Waals surface area contributed by atoms with Crippen LogP contribution in [0.25, 0.3) is 55.8 Å². The van der Waals surface area contributed by atoms with E-state index in [0.29, 0.717) is 39.3 Å². The second kappa shape index (κ2) is 9.43. The number of nitrogens with zero attached hydrogens (tertiary/aromatic N) is 5. The minimum atomic E-state index is -0.567. The Morgan fingerprint density at radius 2 is 1.87 bits per heavy atom. The summed E-state index contributed by atoms with van der Waals surface area (Å²) in [6, 6.07) is 3.51. The standard InChI is InChI=1S/C28H23FN8O2/c29-23-22-20(13-32-24(23)17-8-18(10-30-9-17)33-28(38)15-4-2-1-3-5-15)36-37-26(22)27-34-21-12-31-11-19(25(21)35-27)16-6-7-39-14-16/h6-15H,1-5H2,(H,33,38)(H,34,35)(H,36,37). The van der Waals surface area contributed by atoms with Crippen molar-refractivity contribution in [1.29, 1.82) is 0 Å². The van der Waals surface area contributed by atoms with Crippen molar-refractivity contribution < 1.29 is 13.6 Å². The average molecular weight is 523 g/mol. The zero-order valence-electron chi connectivity index (χ0n) is 20.7. The Bertz CT molecular complexity index is 1820. The second-order valence-electron chi connectivity index (χ2n) is 9.75. The smallest absolute Gasteiger partial charge is 0.227 e. The number of aromatic amines is 2. The van der Waals surface area contributed by atoms with Gasteiger partial charge in [-0.05, 0) is 25.0 Å². The van der Waals surface area contributed by atoms with Crippen LogP contribution in [0.4, 0.5) is 10.1 Å². The first-order valence-corrected chi connectivity index (χ1v) is 12.8. The first-order chi connectivity index (χ1) is 19.2. The summed E-state index contributed by atoms with van der Waals surface area (Å²) in [4.78, 5) is 33.5. The molecule has 0 radical (unpaired) electrons. The molecule has 7 rings (SSSR count). The fourth-order valence-electron chi connectivity index (χ4n) is 5.27. The molecule has 6 aromatic heterocycles. The maximum atomic E-state index is 16.1. The van der Waals surface area contributed by atoms with E-state index in [1.165, 1.54) is 18.8 Å². The molecule has 10 nitrogen and oxygen atoms in total. The Morgan fingerprint density at radius 1 is 1.00 bits per heavy atom. The van der Waals surface area contributed by atoms with Gasteiger partial charge in [-0.3, -0.25) is 24.8 Å². The number of hydrogen-bond donors (Lipinski definition) is 3. The number of carbonyl (C=O) groups is 1. The molecule has 0 spiro atoms. The van der Waals surface area contributed by atoms with Gasteiger partial charge in [-0.15, -0.1) is 0 Å². The number of carbonyl (C=O) groups excluding carboxylic acids is 1. The molecule has 1 amide bonds. The number of furan rings is 1. The fourth-order valence-corrected chi connectivity index (χ4v) is 5.27. The van der Waals surface area contributed by atoms with Gasteiger partial charge in [0.1, 0.15) is 16.9 Å². The third-order valence-electron chi connectivity index (χ3n) is 7.25. The maximum absolute atomic E-state index is 16.1. The summed E-state index contributed by atoms with van der Waals surface area (Å²) in [6.45, 7) is 0. The van der Waals surface area contributed by atoms with Crippen molar-refractivity contribution >= 4 is 33.5 Å². The number of imidazole rings is 1. The zero-order chi connectivity index (χ0) is 26.3. The van der Waals surface area contributed by atoms with Gasteiger partial charge in [-0.1, -0.05) is 19.3 Å². The minimum Gasteiger partial charge on any atom is -0.472 e. The van der Waals surface area contributed by atoms with Gasteiger partial charge in [0, 0.05) is 35.0 Å². The molecule has 3 N–H and O–H groups in total. The molecule has 0 unspecified atom stereocenters. The van der Waals surface area contributed by atoms with E-state index in [1.807, 2.05) is 6.07 Å². The molecule has 1 aliphatic carbocycles. The molecule has 1 saturated carbocycles. The number of anilines is 1. The second-order valence-corrected chi connectivity index (χ2v) is 9.75. The summed E-state index contributed by atoms with van der Waals surface area (Å²) in [6.07, 6.45) is 16.2. The SMILES string of the molecule is O=C(Nc1cncc(-c2ncc3[nH]nc(-c4nc5c(-c6ccoc6)cncc5[nH]4)c3c2F)c1)C1CCCCC1.